The van der Waals surface area contributed by atoms with E-state index in [4.69, 9.17) is 0 Å². The zero-order valence-electron chi connectivity index (χ0n) is 7.18. The lowest BCUT2D eigenvalue weighted by Crippen LogP contribution is -1.76. The Kier molecular flexibility index (Phi) is 4.55. The molecule has 1 heteroatoms. The van der Waals surface area contributed by atoms with Gasteiger partial charge in [-0.25, -0.2) is 0 Å². The van der Waals surface area contributed by atoms with Gasteiger partial charge >= 0.3 is 0 Å². The molecule has 0 rings (SSSR count). The van der Waals surface area contributed by atoms with E-state index >= 15 is 0 Å². The molecular weight excluding hydrogens is 122 g/mol. The third-order valence-corrected chi connectivity index (χ3v) is 1.11. The molecule has 0 heterocycles. The highest BCUT2D eigenvalue weighted by molar-refractivity contribution is 5.56. The third-order valence-electron chi connectivity index (χ3n) is 1.11. The highest BCUT2D eigenvalue weighted by atomic mass is 14.7. The standard InChI is InChI=1S/C9H15N/c1-5-7-9(8(3)4)10-6-2/h5-7H,1-4H3/b7-5-,10-6?. The van der Waals surface area contributed by atoms with Crippen LogP contribution in [0.1, 0.15) is 27.7 Å². The van der Waals surface area contributed by atoms with Gasteiger partial charge in [0.1, 0.15) is 0 Å². The Bertz CT molecular complexity index is 155. The Morgan fingerprint density at radius 3 is 2.10 bits per heavy atom. The summed E-state index contributed by atoms with van der Waals surface area (Å²) in [5.74, 6) is 0. The van der Waals surface area contributed by atoms with Crippen LogP contribution in [-0.2, 0) is 0 Å². The molecule has 0 fully saturated rings. The molecule has 0 spiro atoms. The van der Waals surface area contributed by atoms with E-state index in [2.05, 4.69) is 18.8 Å². The molecule has 0 N–H and O–H groups in total. The summed E-state index contributed by atoms with van der Waals surface area (Å²) in [6.07, 6.45) is 5.81. The number of allylic oxidation sites excluding steroid dienone is 3. The first-order valence-corrected chi connectivity index (χ1v) is 3.51. The maximum atomic E-state index is 4.18. The molecule has 0 aromatic carbocycles. The van der Waals surface area contributed by atoms with E-state index in [0.717, 1.165) is 5.70 Å². The molecule has 0 saturated heterocycles. The van der Waals surface area contributed by atoms with Gasteiger partial charge in [0.15, 0.2) is 0 Å². The molecule has 0 saturated carbocycles. The van der Waals surface area contributed by atoms with Crippen molar-refractivity contribution in [3.63, 3.8) is 0 Å². The molecule has 0 aromatic rings. The lowest BCUT2D eigenvalue weighted by molar-refractivity contribution is 1.25. The van der Waals surface area contributed by atoms with Crippen LogP contribution >= 0.6 is 0 Å². The van der Waals surface area contributed by atoms with Crippen LogP contribution in [0.2, 0.25) is 0 Å². The summed E-state index contributed by atoms with van der Waals surface area (Å²) in [5, 5.41) is 0. The van der Waals surface area contributed by atoms with Crippen molar-refractivity contribution in [2.75, 3.05) is 0 Å². The van der Waals surface area contributed by atoms with Crippen molar-refractivity contribution in [1.82, 2.24) is 0 Å². The predicted molar refractivity (Wildman–Crippen MR) is 47.4 cm³/mol. The second kappa shape index (κ2) is 4.98. The van der Waals surface area contributed by atoms with Crippen molar-refractivity contribution >= 4 is 6.21 Å². The van der Waals surface area contributed by atoms with Crippen molar-refractivity contribution in [3.05, 3.63) is 23.4 Å². The summed E-state index contributed by atoms with van der Waals surface area (Å²) in [6.45, 7) is 8.03. The zero-order valence-corrected chi connectivity index (χ0v) is 7.18. The van der Waals surface area contributed by atoms with Gasteiger partial charge in [-0.1, -0.05) is 11.6 Å². The maximum Gasteiger partial charge on any atom is 0.0608 e. The minimum Gasteiger partial charge on any atom is -0.262 e. The maximum absolute atomic E-state index is 4.18. The Labute approximate surface area is 63.2 Å². The Morgan fingerprint density at radius 2 is 1.80 bits per heavy atom. The lowest BCUT2D eigenvalue weighted by Gasteiger charge is -1.94. The van der Waals surface area contributed by atoms with Gasteiger partial charge in [-0.2, -0.15) is 0 Å². The quantitative estimate of drug-likeness (QED) is 0.410. The first-order valence-electron chi connectivity index (χ1n) is 3.51. The first-order chi connectivity index (χ1) is 4.72. The number of hydrogen-bond acceptors (Lipinski definition) is 1. The van der Waals surface area contributed by atoms with E-state index in [1.165, 1.54) is 5.57 Å². The average Bonchev–Trinajstić information content (AvgIpc) is 1.87. The molecule has 0 aliphatic carbocycles. The van der Waals surface area contributed by atoms with E-state index in [-0.39, 0.29) is 0 Å². The SMILES string of the molecule is CC=NC(/C=C\C)=C(C)C. The van der Waals surface area contributed by atoms with Crippen molar-refractivity contribution in [2.24, 2.45) is 4.99 Å². The van der Waals surface area contributed by atoms with Gasteiger partial charge in [-0.05, 0) is 33.8 Å². The largest absolute Gasteiger partial charge is 0.262 e. The minimum atomic E-state index is 1.06. The van der Waals surface area contributed by atoms with Crippen molar-refractivity contribution < 1.29 is 0 Å². The average molecular weight is 137 g/mol. The Morgan fingerprint density at radius 1 is 1.20 bits per heavy atom. The van der Waals surface area contributed by atoms with Crippen LogP contribution in [0.4, 0.5) is 0 Å². The summed E-state index contributed by atoms with van der Waals surface area (Å²) in [5.41, 5.74) is 2.31. The van der Waals surface area contributed by atoms with Crippen molar-refractivity contribution in [3.8, 4) is 0 Å². The molecule has 0 unspecified atom stereocenters. The molecule has 56 valence electrons. The predicted octanol–water partition coefficient (Wildman–Crippen LogP) is 2.95. The monoisotopic (exact) mass is 137 g/mol. The fourth-order valence-electron chi connectivity index (χ4n) is 0.636. The normalized spacial score (nSPS) is 11.2. The fourth-order valence-corrected chi connectivity index (χ4v) is 0.636. The number of nitrogens with zero attached hydrogens (tertiary/aromatic N) is 1. The van der Waals surface area contributed by atoms with Gasteiger partial charge < -0.3 is 0 Å². The van der Waals surface area contributed by atoms with Gasteiger partial charge in [-0.3, -0.25) is 4.99 Å². The van der Waals surface area contributed by atoms with E-state index in [9.17, 15) is 0 Å². The highest BCUT2D eigenvalue weighted by Gasteiger charge is 1.87. The number of rotatable bonds is 2. The minimum absolute atomic E-state index is 1.06. The molecule has 1 nitrogen and oxygen atoms in total. The van der Waals surface area contributed by atoms with Crippen LogP contribution in [0, 0.1) is 0 Å². The summed E-state index contributed by atoms with van der Waals surface area (Å²) in [6, 6.07) is 0. The van der Waals surface area contributed by atoms with E-state index in [0.29, 0.717) is 0 Å². The highest BCUT2D eigenvalue weighted by Crippen LogP contribution is 2.05. The van der Waals surface area contributed by atoms with E-state index in [1.54, 1.807) is 0 Å². The first kappa shape index (κ1) is 9.15. The second-order valence-corrected chi connectivity index (χ2v) is 2.27. The van der Waals surface area contributed by atoms with Gasteiger partial charge in [0.2, 0.25) is 0 Å². The van der Waals surface area contributed by atoms with Crippen LogP contribution < -0.4 is 0 Å². The van der Waals surface area contributed by atoms with E-state index in [1.807, 2.05) is 32.2 Å². The molecule has 0 bridgehead atoms. The summed E-state index contributed by atoms with van der Waals surface area (Å²) in [4.78, 5) is 4.18. The van der Waals surface area contributed by atoms with Gasteiger partial charge in [0.25, 0.3) is 0 Å². The van der Waals surface area contributed by atoms with Crippen LogP contribution in [0.3, 0.4) is 0 Å². The topological polar surface area (TPSA) is 12.4 Å². The molecule has 0 amide bonds. The lowest BCUT2D eigenvalue weighted by atomic mass is 10.2. The summed E-state index contributed by atoms with van der Waals surface area (Å²) >= 11 is 0. The Balaban J connectivity index is 4.43. The van der Waals surface area contributed by atoms with Crippen LogP contribution in [0.15, 0.2) is 28.4 Å². The van der Waals surface area contributed by atoms with Crippen LogP contribution in [0.25, 0.3) is 0 Å². The second-order valence-electron chi connectivity index (χ2n) is 2.27. The third kappa shape index (κ3) is 3.23. The fraction of sp³-hybridized carbons (Fsp3) is 0.444. The van der Waals surface area contributed by atoms with Crippen molar-refractivity contribution in [2.45, 2.75) is 27.7 Å². The molecule has 10 heavy (non-hydrogen) atoms. The van der Waals surface area contributed by atoms with Gasteiger partial charge in [0, 0.05) is 6.21 Å². The van der Waals surface area contributed by atoms with Crippen LogP contribution in [0.5, 0.6) is 0 Å². The van der Waals surface area contributed by atoms with Gasteiger partial charge in [-0.15, -0.1) is 0 Å². The molecule has 0 radical (unpaired) electrons. The molecule has 0 atom stereocenters. The molecule has 0 aliphatic heterocycles. The molecular formula is C9H15N. The number of hydrogen-bond donors (Lipinski definition) is 0. The Hall–Kier alpha value is -0.850. The zero-order chi connectivity index (χ0) is 7.98. The smallest absolute Gasteiger partial charge is 0.0608 e. The van der Waals surface area contributed by atoms with Crippen molar-refractivity contribution in [1.29, 1.82) is 0 Å². The molecule has 0 aliphatic rings. The number of aliphatic imine (C=N–C) groups is 1. The summed E-state index contributed by atoms with van der Waals surface area (Å²) < 4.78 is 0. The van der Waals surface area contributed by atoms with Gasteiger partial charge in [0.05, 0.1) is 5.70 Å². The molecule has 0 aromatic heterocycles. The van der Waals surface area contributed by atoms with E-state index < -0.39 is 0 Å². The summed E-state index contributed by atoms with van der Waals surface area (Å²) in [7, 11) is 0. The van der Waals surface area contributed by atoms with Crippen LogP contribution in [-0.4, -0.2) is 6.21 Å².